The highest BCUT2D eigenvalue weighted by molar-refractivity contribution is 5.74. The van der Waals surface area contributed by atoms with Gasteiger partial charge in [-0.2, -0.15) is 0 Å². The second-order valence-corrected chi connectivity index (χ2v) is 2.12. The largest absolute Gasteiger partial charge is 0.481 e. The van der Waals surface area contributed by atoms with Crippen molar-refractivity contribution >= 4 is 11.7 Å². The van der Waals surface area contributed by atoms with E-state index >= 15 is 0 Å². The van der Waals surface area contributed by atoms with Crippen LogP contribution in [0.25, 0.3) is 0 Å². The molecule has 0 atom stereocenters. The van der Waals surface area contributed by atoms with Gasteiger partial charge in [-0.1, -0.05) is 0 Å². The molecule has 0 aliphatic carbocycles. The zero-order valence-electron chi connectivity index (χ0n) is 5.46. The third-order valence-corrected chi connectivity index (χ3v) is 1.38. The molecule has 11 heavy (non-hydrogen) atoms. The lowest BCUT2D eigenvalue weighted by Gasteiger charge is -2.01. The lowest BCUT2D eigenvalue weighted by Crippen LogP contribution is -2.39. The molecule has 5 heteroatoms. The zero-order valence-corrected chi connectivity index (χ0v) is 5.46. The van der Waals surface area contributed by atoms with Crippen molar-refractivity contribution in [1.82, 2.24) is 0 Å². The van der Waals surface area contributed by atoms with Crippen LogP contribution in [0.2, 0.25) is 0 Å². The summed E-state index contributed by atoms with van der Waals surface area (Å²) in [6.45, 7) is 0. The molecule has 5 nitrogen and oxygen atoms in total. The molecule has 0 spiro atoms. The number of carboxylic acids is 1. The fourth-order valence-corrected chi connectivity index (χ4v) is 0.783. The molecule has 0 saturated carbocycles. The molecule has 0 bridgehead atoms. The number of nitrogens with two attached hydrogens (primary N) is 1. The van der Waals surface area contributed by atoms with Crippen molar-refractivity contribution in [3.05, 3.63) is 26.0 Å². The lowest BCUT2D eigenvalue weighted by molar-refractivity contribution is -0.136. The van der Waals surface area contributed by atoms with Crippen LogP contribution in [0.15, 0.2) is 9.59 Å². The van der Waals surface area contributed by atoms with Gasteiger partial charge in [0.1, 0.15) is 0 Å². The van der Waals surface area contributed by atoms with Crippen LogP contribution in [-0.2, 0) is 11.2 Å². The van der Waals surface area contributed by atoms with Gasteiger partial charge in [0.2, 0.25) is 10.9 Å². The van der Waals surface area contributed by atoms with E-state index in [4.69, 9.17) is 10.8 Å². The van der Waals surface area contributed by atoms with Crippen molar-refractivity contribution in [2.45, 2.75) is 6.42 Å². The minimum absolute atomic E-state index is 0.0810. The molecule has 0 fully saturated rings. The Morgan fingerprint density at radius 2 is 1.91 bits per heavy atom. The highest BCUT2D eigenvalue weighted by Gasteiger charge is 2.19. The van der Waals surface area contributed by atoms with Crippen LogP contribution >= 0.6 is 0 Å². The van der Waals surface area contributed by atoms with E-state index in [9.17, 15) is 14.4 Å². The SMILES string of the molecule is Nc1c(CC(=O)O)c(=O)c1=O. The van der Waals surface area contributed by atoms with Gasteiger partial charge in [-0.25, -0.2) is 0 Å². The van der Waals surface area contributed by atoms with E-state index < -0.39 is 23.2 Å². The second kappa shape index (κ2) is 2.19. The fourth-order valence-electron chi connectivity index (χ4n) is 0.783. The van der Waals surface area contributed by atoms with Crippen molar-refractivity contribution in [2.24, 2.45) is 0 Å². The molecule has 0 saturated heterocycles. The molecular weight excluding hydrogens is 150 g/mol. The molecule has 3 N–H and O–H groups in total. The van der Waals surface area contributed by atoms with Crippen molar-refractivity contribution in [3.8, 4) is 0 Å². The summed E-state index contributed by atoms with van der Waals surface area (Å²) < 4.78 is 0. The van der Waals surface area contributed by atoms with E-state index in [1.807, 2.05) is 0 Å². The first-order valence-corrected chi connectivity index (χ1v) is 2.83. The second-order valence-electron chi connectivity index (χ2n) is 2.12. The summed E-state index contributed by atoms with van der Waals surface area (Å²) in [4.78, 5) is 31.0. The first-order chi connectivity index (χ1) is 5.04. The normalized spacial score (nSPS) is 10.2. The summed E-state index contributed by atoms with van der Waals surface area (Å²) >= 11 is 0. The Morgan fingerprint density at radius 3 is 2.27 bits per heavy atom. The van der Waals surface area contributed by atoms with Crippen molar-refractivity contribution < 1.29 is 9.90 Å². The predicted octanol–water partition coefficient (Wildman–Crippen LogP) is -1.51. The van der Waals surface area contributed by atoms with E-state index in [1.165, 1.54) is 0 Å². The predicted molar refractivity (Wildman–Crippen MR) is 37.1 cm³/mol. The van der Waals surface area contributed by atoms with Gasteiger partial charge in [0.25, 0.3) is 0 Å². The number of carbonyl (C=O) groups is 1. The van der Waals surface area contributed by atoms with Gasteiger partial charge in [-0.3, -0.25) is 14.4 Å². The van der Waals surface area contributed by atoms with Crippen LogP contribution in [0.4, 0.5) is 5.69 Å². The molecule has 58 valence electrons. The maximum atomic E-state index is 10.6. The summed E-state index contributed by atoms with van der Waals surface area (Å²) in [5.74, 6) is -1.16. The first-order valence-electron chi connectivity index (χ1n) is 2.83. The van der Waals surface area contributed by atoms with E-state index in [0.717, 1.165) is 0 Å². The highest BCUT2D eigenvalue weighted by Crippen LogP contribution is 2.01. The van der Waals surface area contributed by atoms with Gasteiger partial charge in [-0.05, 0) is 0 Å². The Balaban J connectivity index is 3.00. The smallest absolute Gasteiger partial charge is 0.308 e. The number of anilines is 1. The third kappa shape index (κ3) is 1.000. The molecule has 0 heterocycles. The standard InChI is InChI=1S/C6H5NO4/c7-4-2(1-3(8)9)5(10)6(4)11/h1,7H2,(H,8,9). The van der Waals surface area contributed by atoms with Gasteiger partial charge in [0.15, 0.2) is 0 Å². The van der Waals surface area contributed by atoms with Gasteiger partial charge < -0.3 is 10.8 Å². The number of hydrogen-bond acceptors (Lipinski definition) is 4. The number of hydrogen-bond donors (Lipinski definition) is 2. The van der Waals surface area contributed by atoms with Crippen molar-refractivity contribution in [2.75, 3.05) is 5.73 Å². The Labute approximate surface area is 60.8 Å². The monoisotopic (exact) mass is 155 g/mol. The summed E-state index contributed by atoms with van der Waals surface area (Å²) in [7, 11) is 0. The van der Waals surface area contributed by atoms with Crippen LogP contribution in [0.5, 0.6) is 0 Å². The van der Waals surface area contributed by atoms with Gasteiger partial charge >= 0.3 is 5.97 Å². The fraction of sp³-hybridized carbons (Fsp3) is 0.167. The number of rotatable bonds is 2. The molecule has 1 rings (SSSR count). The Morgan fingerprint density at radius 1 is 1.36 bits per heavy atom. The van der Waals surface area contributed by atoms with E-state index in [2.05, 4.69) is 0 Å². The minimum Gasteiger partial charge on any atom is -0.481 e. The van der Waals surface area contributed by atoms with Crippen LogP contribution in [-0.4, -0.2) is 11.1 Å². The average Bonchev–Trinajstić information content (AvgIpc) is 1.98. The number of nitrogen functional groups attached to an aromatic ring is 1. The molecular formula is C6H5NO4. The summed E-state index contributed by atoms with van der Waals surface area (Å²) in [6, 6.07) is 0. The van der Waals surface area contributed by atoms with Crippen LogP contribution in [0.1, 0.15) is 5.56 Å². The maximum Gasteiger partial charge on any atom is 0.308 e. The molecule has 0 unspecified atom stereocenters. The maximum absolute atomic E-state index is 10.6. The summed E-state index contributed by atoms with van der Waals surface area (Å²) in [5, 5.41) is 8.22. The first kappa shape index (κ1) is 7.46. The molecule has 0 radical (unpaired) electrons. The Kier molecular flexibility index (Phi) is 1.48. The number of carboxylic acid groups (broad SMARTS) is 1. The molecule has 0 amide bonds. The van der Waals surface area contributed by atoms with Gasteiger partial charge in [-0.15, -0.1) is 0 Å². The van der Waals surface area contributed by atoms with Crippen molar-refractivity contribution in [3.63, 3.8) is 0 Å². The Bertz CT molecular complexity index is 372. The Hall–Kier alpha value is -1.65. The van der Waals surface area contributed by atoms with Crippen molar-refractivity contribution in [1.29, 1.82) is 0 Å². The zero-order chi connectivity index (χ0) is 8.59. The molecule has 1 aromatic carbocycles. The van der Waals surface area contributed by atoms with Gasteiger partial charge in [0, 0.05) is 5.56 Å². The third-order valence-electron chi connectivity index (χ3n) is 1.38. The molecule has 0 aromatic heterocycles. The van der Waals surface area contributed by atoms with E-state index in [-0.39, 0.29) is 11.3 Å². The molecule has 0 aliphatic heterocycles. The van der Waals surface area contributed by atoms with Crippen LogP contribution in [0.3, 0.4) is 0 Å². The number of aliphatic carboxylic acids is 1. The molecule has 1 aromatic rings. The quantitative estimate of drug-likeness (QED) is 0.506. The molecule has 0 aliphatic rings. The lowest BCUT2D eigenvalue weighted by atomic mass is 10.1. The van der Waals surface area contributed by atoms with Gasteiger partial charge in [0.05, 0.1) is 12.1 Å². The topological polar surface area (TPSA) is 97.5 Å². The minimum atomic E-state index is -1.16. The van der Waals surface area contributed by atoms with Crippen LogP contribution < -0.4 is 16.6 Å². The summed E-state index contributed by atoms with van der Waals surface area (Å²) in [6.07, 6.45) is -0.462. The summed E-state index contributed by atoms with van der Waals surface area (Å²) in [5.41, 5.74) is 3.21. The van der Waals surface area contributed by atoms with E-state index in [1.54, 1.807) is 0 Å². The average molecular weight is 155 g/mol. The highest BCUT2D eigenvalue weighted by atomic mass is 16.4. The van der Waals surface area contributed by atoms with Crippen LogP contribution in [0, 0.1) is 0 Å². The van der Waals surface area contributed by atoms with E-state index in [0.29, 0.717) is 0 Å².